The fraction of sp³-hybridized carbons (Fsp3) is 0.778. The van der Waals surface area contributed by atoms with Gasteiger partial charge >= 0.3 is 0 Å². The van der Waals surface area contributed by atoms with Gasteiger partial charge in [-0.2, -0.15) is 0 Å². The van der Waals surface area contributed by atoms with Crippen LogP contribution in [0.1, 0.15) is 26.1 Å². The molecule has 0 saturated heterocycles. The van der Waals surface area contributed by atoms with Gasteiger partial charge in [0.05, 0.1) is 6.61 Å². The van der Waals surface area contributed by atoms with E-state index in [9.17, 15) is 8.42 Å². The zero-order chi connectivity index (χ0) is 12.9. The van der Waals surface area contributed by atoms with Crippen LogP contribution in [0.4, 0.5) is 0 Å². The molecule has 1 aromatic heterocycles. The maximum atomic E-state index is 11.3. The quantitative estimate of drug-likeness (QED) is 0.554. The fourth-order valence-electron chi connectivity index (χ4n) is 1.44. The van der Waals surface area contributed by atoms with E-state index in [0.29, 0.717) is 32.0 Å². The van der Waals surface area contributed by atoms with Crippen LogP contribution in [0.2, 0.25) is 0 Å². The molecule has 1 aromatic rings. The molecular formula is C9H16ClN3O3S. The molecule has 6 nitrogen and oxygen atoms in total. The van der Waals surface area contributed by atoms with Gasteiger partial charge in [-0.25, -0.2) is 8.42 Å². The highest BCUT2D eigenvalue weighted by atomic mass is 35.7. The van der Waals surface area contributed by atoms with Gasteiger partial charge in [-0.1, -0.05) is 6.92 Å². The molecular weight excluding hydrogens is 266 g/mol. The van der Waals surface area contributed by atoms with Crippen LogP contribution in [0.5, 0.6) is 0 Å². The third-order valence-electron chi connectivity index (χ3n) is 2.13. The summed E-state index contributed by atoms with van der Waals surface area (Å²) >= 11 is 0. The fourth-order valence-corrected chi connectivity index (χ4v) is 2.38. The second-order valence-corrected chi connectivity index (χ2v) is 5.89. The van der Waals surface area contributed by atoms with E-state index < -0.39 is 9.05 Å². The number of hydrogen-bond donors (Lipinski definition) is 0. The average molecular weight is 282 g/mol. The largest absolute Gasteiger partial charge is 0.381 e. The lowest BCUT2D eigenvalue weighted by atomic mass is 10.4. The standard InChI is InChI=1S/C9H16ClN3O3S/c1-3-6-13-8(5-7-16-4-2)11-12-9(13)17(10,14)15/h3-7H2,1-2H3. The molecule has 0 unspecified atom stereocenters. The van der Waals surface area contributed by atoms with Crippen molar-refractivity contribution in [2.24, 2.45) is 0 Å². The van der Waals surface area contributed by atoms with Crippen LogP contribution in [0.15, 0.2) is 5.16 Å². The van der Waals surface area contributed by atoms with Crippen molar-refractivity contribution in [1.82, 2.24) is 14.8 Å². The van der Waals surface area contributed by atoms with Crippen LogP contribution >= 0.6 is 10.7 Å². The van der Waals surface area contributed by atoms with Gasteiger partial charge in [-0.3, -0.25) is 0 Å². The molecule has 0 aromatic carbocycles. The summed E-state index contributed by atoms with van der Waals surface area (Å²) in [6.07, 6.45) is 1.30. The Morgan fingerprint density at radius 1 is 1.35 bits per heavy atom. The van der Waals surface area contributed by atoms with Crippen molar-refractivity contribution >= 4 is 19.7 Å². The number of rotatable bonds is 7. The number of aromatic nitrogens is 3. The van der Waals surface area contributed by atoms with Crippen molar-refractivity contribution in [3.63, 3.8) is 0 Å². The second-order valence-electron chi connectivity index (χ2n) is 3.44. The minimum atomic E-state index is -3.84. The first-order chi connectivity index (χ1) is 8.00. The molecule has 17 heavy (non-hydrogen) atoms. The smallest absolute Gasteiger partial charge is 0.296 e. The average Bonchev–Trinajstić information content (AvgIpc) is 2.62. The van der Waals surface area contributed by atoms with E-state index in [2.05, 4.69) is 10.2 Å². The van der Waals surface area contributed by atoms with Crippen LogP contribution in [0.3, 0.4) is 0 Å². The van der Waals surface area contributed by atoms with Gasteiger partial charge in [0.1, 0.15) is 5.82 Å². The van der Waals surface area contributed by atoms with Gasteiger partial charge in [0, 0.05) is 30.3 Å². The zero-order valence-corrected chi connectivity index (χ0v) is 11.5. The number of hydrogen-bond acceptors (Lipinski definition) is 5. The Morgan fingerprint density at radius 3 is 2.59 bits per heavy atom. The highest BCUT2D eigenvalue weighted by Crippen LogP contribution is 2.15. The third-order valence-corrected chi connectivity index (χ3v) is 3.29. The van der Waals surface area contributed by atoms with Gasteiger partial charge in [-0.05, 0) is 13.3 Å². The Morgan fingerprint density at radius 2 is 2.06 bits per heavy atom. The summed E-state index contributed by atoms with van der Waals surface area (Å²) in [7, 11) is 1.45. The predicted molar refractivity (Wildman–Crippen MR) is 63.5 cm³/mol. The van der Waals surface area contributed by atoms with Gasteiger partial charge in [-0.15, -0.1) is 10.2 Å². The summed E-state index contributed by atoms with van der Waals surface area (Å²) in [5.74, 6) is 0.583. The molecule has 0 amide bonds. The maximum absolute atomic E-state index is 11.3. The second kappa shape index (κ2) is 6.32. The van der Waals surface area contributed by atoms with E-state index in [1.807, 2.05) is 13.8 Å². The molecule has 0 N–H and O–H groups in total. The lowest BCUT2D eigenvalue weighted by Crippen LogP contribution is -2.11. The first-order valence-corrected chi connectivity index (χ1v) is 7.76. The molecule has 0 bridgehead atoms. The molecule has 0 fully saturated rings. The summed E-state index contributed by atoms with van der Waals surface area (Å²) in [4.78, 5) is 0. The monoisotopic (exact) mass is 281 g/mol. The molecule has 8 heteroatoms. The SMILES string of the molecule is CCCn1c(CCOCC)nnc1S(=O)(=O)Cl. The Labute approximate surface area is 105 Å². The Bertz CT molecular complexity index is 458. The van der Waals surface area contributed by atoms with Gasteiger partial charge in [0.25, 0.3) is 14.2 Å². The Balaban J connectivity index is 2.94. The Hall–Kier alpha value is -0.660. The lowest BCUT2D eigenvalue weighted by molar-refractivity contribution is 0.148. The molecule has 0 atom stereocenters. The summed E-state index contributed by atoms with van der Waals surface area (Å²) in [6.45, 7) is 5.46. The van der Waals surface area contributed by atoms with Crippen molar-refractivity contribution in [3.8, 4) is 0 Å². The predicted octanol–water partition coefficient (Wildman–Crippen LogP) is 1.19. The molecule has 1 heterocycles. The van der Waals surface area contributed by atoms with Gasteiger partial charge < -0.3 is 9.30 Å². The summed E-state index contributed by atoms with van der Waals surface area (Å²) in [5.41, 5.74) is 0. The third kappa shape index (κ3) is 3.93. The van der Waals surface area contributed by atoms with Crippen LogP contribution in [-0.2, 0) is 26.8 Å². The first-order valence-electron chi connectivity index (χ1n) is 5.45. The van der Waals surface area contributed by atoms with Gasteiger partial charge in [0.15, 0.2) is 0 Å². The topological polar surface area (TPSA) is 74.1 Å². The van der Waals surface area contributed by atoms with Crippen LogP contribution in [0, 0.1) is 0 Å². The molecule has 1 rings (SSSR count). The van der Waals surface area contributed by atoms with E-state index in [4.69, 9.17) is 15.4 Å². The minimum absolute atomic E-state index is 0.187. The van der Waals surface area contributed by atoms with E-state index >= 15 is 0 Å². The highest BCUT2D eigenvalue weighted by molar-refractivity contribution is 8.13. The molecule has 0 aliphatic rings. The minimum Gasteiger partial charge on any atom is -0.381 e. The van der Waals surface area contributed by atoms with Crippen molar-refractivity contribution in [2.75, 3.05) is 13.2 Å². The van der Waals surface area contributed by atoms with E-state index in [1.54, 1.807) is 0 Å². The highest BCUT2D eigenvalue weighted by Gasteiger charge is 2.21. The van der Waals surface area contributed by atoms with Crippen LogP contribution in [-0.4, -0.2) is 36.4 Å². The van der Waals surface area contributed by atoms with Gasteiger partial charge in [0.2, 0.25) is 0 Å². The number of halogens is 1. The van der Waals surface area contributed by atoms with E-state index in [-0.39, 0.29) is 5.16 Å². The van der Waals surface area contributed by atoms with Crippen LogP contribution < -0.4 is 0 Å². The molecule has 0 saturated carbocycles. The zero-order valence-electron chi connectivity index (χ0n) is 9.89. The first kappa shape index (κ1) is 14.4. The van der Waals surface area contributed by atoms with Crippen molar-refractivity contribution in [3.05, 3.63) is 5.82 Å². The summed E-state index contributed by atoms with van der Waals surface area (Å²) < 4.78 is 29.3. The molecule has 0 aliphatic carbocycles. The number of nitrogens with zero attached hydrogens (tertiary/aromatic N) is 3. The lowest BCUT2D eigenvalue weighted by Gasteiger charge is -2.07. The maximum Gasteiger partial charge on any atom is 0.296 e. The van der Waals surface area contributed by atoms with Crippen molar-refractivity contribution < 1.29 is 13.2 Å². The van der Waals surface area contributed by atoms with Crippen molar-refractivity contribution in [2.45, 2.75) is 38.4 Å². The summed E-state index contributed by atoms with van der Waals surface area (Å²) in [6, 6.07) is 0. The number of ether oxygens (including phenoxy) is 1. The molecule has 98 valence electrons. The summed E-state index contributed by atoms with van der Waals surface area (Å²) in [5, 5.41) is 7.28. The Kier molecular flexibility index (Phi) is 5.35. The van der Waals surface area contributed by atoms with Crippen molar-refractivity contribution in [1.29, 1.82) is 0 Å². The van der Waals surface area contributed by atoms with E-state index in [0.717, 1.165) is 6.42 Å². The normalized spacial score (nSPS) is 11.9. The van der Waals surface area contributed by atoms with E-state index in [1.165, 1.54) is 4.57 Å². The van der Waals surface area contributed by atoms with Crippen LogP contribution in [0.25, 0.3) is 0 Å². The molecule has 0 radical (unpaired) electrons. The molecule has 0 spiro atoms. The molecule has 0 aliphatic heterocycles.